The van der Waals surface area contributed by atoms with Gasteiger partial charge in [0, 0.05) is 0 Å². The molecule has 56 valence electrons. The molecule has 0 unspecified atom stereocenters. The molecule has 0 saturated heterocycles. The maximum absolute atomic E-state index is 5.58. The minimum atomic E-state index is -1.21. The minimum Gasteiger partial charge on any atom is -0.412 e. The molecule has 0 bridgehead atoms. The van der Waals surface area contributed by atoms with Crippen molar-refractivity contribution in [2.24, 2.45) is 0 Å². The van der Waals surface area contributed by atoms with Crippen LogP contribution in [0, 0.1) is 0 Å². The monoisotopic (exact) mass is 148 g/mol. The molecule has 9 heavy (non-hydrogen) atoms. The van der Waals surface area contributed by atoms with E-state index >= 15 is 0 Å². The second kappa shape index (κ2) is 4.03. The molecule has 0 aliphatic heterocycles. The summed E-state index contributed by atoms with van der Waals surface area (Å²) in [5, 5.41) is 2.14. The van der Waals surface area contributed by atoms with Crippen molar-refractivity contribution in [3.63, 3.8) is 0 Å². The summed E-state index contributed by atoms with van der Waals surface area (Å²) in [6.07, 6.45) is 0. The van der Waals surface area contributed by atoms with Gasteiger partial charge >= 0.3 is 0 Å². The fourth-order valence-electron chi connectivity index (χ4n) is 0.483. The van der Waals surface area contributed by atoms with E-state index in [-0.39, 0.29) is 0 Å². The SMILES string of the molecule is C[NH2+]CCO[Si](C)(C)C. The van der Waals surface area contributed by atoms with Gasteiger partial charge in [0.25, 0.3) is 0 Å². The van der Waals surface area contributed by atoms with E-state index in [1.54, 1.807) is 0 Å². The van der Waals surface area contributed by atoms with Crippen LogP contribution in [-0.4, -0.2) is 28.5 Å². The maximum atomic E-state index is 5.58. The van der Waals surface area contributed by atoms with Gasteiger partial charge in [-0.05, 0) is 19.6 Å². The molecule has 0 aromatic carbocycles. The van der Waals surface area contributed by atoms with Gasteiger partial charge in [0.15, 0.2) is 8.32 Å². The maximum Gasteiger partial charge on any atom is 0.184 e. The fraction of sp³-hybridized carbons (Fsp3) is 1.00. The van der Waals surface area contributed by atoms with Crippen molar-refractivity contribution in [2.75, 3.05) is 20.2 Å². The summed E-state index contributed by atoms with van der Waals surface area (Å²) >= 11 is 0. The van der Waals surface area contributed by atoms with Crippen molar-refractivity contribution < 1.29 is 9.74 Å². The Labute approximate surface area is 58.7 Å². The van der Waals surface area contributed by atoms with Gasteiger partial charge in [0.05, 0.1) is 20.2 Å². The Morgan fingerprint density at radius 3 is 2.22 bits per heavy atom. The van der Waals surface area contributed by atoms with Crippen molar-refractivity contribution in [1.82, 2.24) is 0 Å². The minimum absolute atomic E-state index is 0.909. The van der Waals surface area contributed by atoms with E-state index < -0.39 is 8.32 Å². The molecule has 2 N–H and O–H groups in total. The highest BCUT2D eigenvalue weighted by Crippen LogP contribution is 1.99. The van der Waals surface area contributed by atoms with Gasteiger partial charge in [-0.3, -0.25) is 0 Å². The van der Waals surface area contributed by atoms with Gasteiger partial charge in [-0.2, -0.15) is 0 Å². The van der Waals surface area contributed by atoms with Gasteiger partial charge in [-0.25, -0.2) is 0 Å². The van der Waals surface area contributed by atoms with Gasteiger partial charge in [-0.15, -0.1) is 0 Å². The first-order valence-electron chi connectivity index (χ1n) is 3.48. The van der Waals surface area contributed by atoms with Crippen LogP contribution in [0.5, 0.6) is 0 Å². The molecular weight excluding hydrogens is 130 g/mol. The van der Waals surface area contributed by atoms with E-state index in [0.29, 0.717) is 0 Å². The molecule has 0 heterocycles. The summed E-state index contributed by atoms with van der Waals surface area (Å²) in [5.41, 5.74) is 0. The molecule has 0 aliphatic carbocycles. The van der Waals surface area contributed by atoms with Crippen LogP contribution in [0.4, 0.5) is 0 Å². The molecule has 2 nitrogen and oxygen atoms in total. The van der Waals surface area contributed by atoms with Gasteiger partial charge in [0.2, 0.25) is 0 Å². The van der Waals surface area contributed by atoms with Crippen molar-refractivity contribution >= 4 is 8.32 Å². The lowest BCUT2D eigenvalue weighted by Crippen LogP contribution is -2.80. The first-order chi connectivity index (χ1) is 4.06. The smallest absolute Gasteiger partial charge is 0.184 e. The van der Waals surface area contributed by atoms with Crippen molar-refractivity contribution in [3.8, 4) is 0 Å². The van der Waals surface area contributed by atoms with Crippen LogP contribution >= 0.6 is 0 Å². The number of quaternary nitrogens is 1. The van der Waals surface area contributed by atoms with Crippen LogP contribution < -0.4 is 5.32 Å². The first kappa shape index (κ1) is 9.14. The third-order valence-electron chi connectivity index (χ3n) is 0.942. The zero-order valence-corrected chi connectivity index (χ0v) is 7.90. The Kier molecular flexibility index (Phi) is 4.09. The molecule has 3 heteroatoms. The normalized spacial score (nSPS) is 12.0. The van der Waals surface area contributed by atoms with Gasteiger partial charge < -0.3 is 9.74 Å². The fourth-order valence-corrected chi connectivity index (χ4v) is 1.21. The predicted molar refractivity (Wildman–Crippen MR) is 42.0 cm³/mol. The third-order valence-corrected chi connectivity index (χ3v) is 2.01. The second-order valence-electron chi connectivity index (χ2n) is 3.16. The van der Waals surface area contributed by atoms with Crippen molar-refractivity contribution in [1.29, 1.82) is 0 Å². The molecule has 0 atom stereocenters. The zero-order valence-electron chi connectivity index (χ0n) is 6.90. The van der Waals surface area contributed by atoms with E-state index in [4.69, 9.17) is 4.43 Å². The van der Waals surface area contributed by atoms with Crippen LogP contribution in [0.25, 0.3) is 0 Å². The van der Waals surface area contributed by atoms with E-state index in [1.165, 1.54) is 0 Å². The topological polar surface area (TPSA) is 25.8 Å². The molecule has 0 radical (unpaired) electrons. The Hall–Kier alpha value is 0.137. The van der Waals surface area contributed by atoms with E-state index in [9.17, 15) is 0 Å². The lowest BCUT2D eigenvalue weighted by atomic mass is 10.7. The van der Waals surface area contributed by atoms with E-state index in [0.717, 1.165) is 13.2 Å². The van der Waals surface area contributed by atoms with E-state index in [2.05, 4.69) is 32.0 Å². The molecule has 0 fully saturated rings. The number of nitrogens with two attached hydrogens (primary N) is 1. The highest BCUT2D eigenvalue weighted by Gasteiger charge is 2.12. The van der Waals surface area contributed by atoms with Crippen molar-refractivity contribution in [2.45, 2.75) is 19.6 Å². The number of hydrogen-bond donors (Lipinski definition) is 1. The number of rotatable bonds is 4. The number of likely N-dealkylation sites (N-methyl/N-ethyl adjacent to an activating group) is 1. The van der Waals surface area contributed by atoms with Crippen LogP contribution in [0.15, 0.2) is 0 Å². The molecule has 0 saturated carbocycles. The van der Waals surface area contributed by atoms with Crippen LogP contribution in [0.1, 0.15) is 0 Å². The van der Waals surface area contributed by atoms with Crippen molar-refractivity contribution in [3.05, 3.63) is 0 Å². The quantitative estimate of drug-likeness (QED) is 0.442. The van der Waals surface area contributed by atoms with E-state index in [1.807, 2.05) is 0 Å². The van der Waals surface area contributed by atoms with Gasteiger partial charge in [0.1, 0.15) is 0 Å². The molecule has 0 rings (SSSR count). The first-order valence-corrected chi connectivity index (χ1v) is 6.89. The summed E-state index contributed by atoms with van der Waals surface area (Å²) in [6.45, 7) is 8.63. The van der Waals surface area contributed by atoms with Crippen LogP contribution in [0.3, 0.4) is 0 Å². The molecular formula is C6H18NOSi+. The average molecular weight is 148 g/mol. The molecule has 0 aromatic rings. The molecule has 0 amide bonds. The Morgan fingerprint density at radius 1 is 1.33 bits per heavy atom. The predicted octanol–water partition coefficient (Wildman–Crippen LogP) is 0.0311. The largest absolute Gasteiger partial charge is 0.412 e. The lowest BCUT2D eigenvalue weighted by molar-refractivity contribution is -0.627. The van der Waals surface area contributed by atoms with Crippen LogP contribution in [-0.2, 0) is 4.43 Å². The average Bonchev–Trinajstić information content (AvgIpc) is 1.63. The molecule has 0 spiro atoms. The molecule has 0 aromatic heterocycles. The highest BCUT2D eigenvalue weighted by molar-refractivity contribution is 6.69. The summed E-state index contributed by atoms with van der Waals surface area (Å²) < 4.78 is 5.58. The zero-order chi connectivity index (χ0) is 7.33. The molecule has 0 aliphatic rings. The summed E-state index contributed by atoms with van der Waals surface area (Å²) in [4.78, 5) is 0. The Balaban J connectivity index is 3.07. The third kappa shape index (κ3) is 8.14. The summed E-state index contributed by atoms with van der Waals surface area (Å²) in [5.74, 6) is 0. The van der Waals surface area contributed by atoms with Gasteiger partial charge in [-0.1, -0.05) is 0 Å². The van der Waals surface area contributed by atoms with Crippen LogP contribution in [0.2, 0.25) is 19.6 Å². The second-order valence-corrected chi connectivity index (χ2v) is 7.67. The summed E-state index contributed by atoms with van der Waals surface area (Å²) in [6, 6.07) is 0. The highest BCUT2D eigenvalue weighted by atomic mass is 28.4. The Bertz CT molecular complexity index is 69.9. The number of hydrogen-bond acceptors (Lipinski definition) is 1. The Morgan fingerprint density at radius 2 is 1.89 bits per heavy atom. The standard InChI is InChI=1S/C6H17NOSi/c1-7-5-6-8-9(2,3)4/h7H,5-6H2,1-4H3/p+1. The summed E-state index contributed by atoms with van der Waals surface area (Å²) in [7, 11) is 0.849. The lowest BCUT2D eigenvalue weighted by Gasteiger charge is -2.15.